The Hall–Kier alpha value is -1.28. The van der Waals surface area contributed by atoms with E-state index in [1.807, 2.05) is 6.07 Å². The molecule has 0 aliphatic rings. The zero-order valence-corrected chi connectivity index (χ0v) is 10.2. The molecule has 0 amide bonds. The molecule has 1 aromatic heterocycles. The number of fused-ring (bicyclic) bond motifs is 1. The van der Waals surface area contributed by atoms with Crippen molar-refractivity contribution in [1.29, 1.82) is 0 Å². The summed E-state index contributed by atoms with van der Waals surface area (Å²) in [6.07, 6.45) is 2.70. The van der Waals surface area contributed by atoms with Crippen LogP contribution in [0.4, 0.5) is 0 Å². The quantitative estimate of drug-likeness (QED) is 0.852. The van der Waals surface area contributed by atoms with E-state index < -0.39 is 0 Å². The predicted molar refractivity (Wildman–Crippen MR) is 67.5 cm³/mol. The molecule has 2 rings (SSSR count). The highest BCUT2D eigenvalue weighted by Gasteiger charge is 2.19. The summed E-state index contributed by atoms with van der Waals surface area (Å²) in [5.74, 6) is 0.412. The lowest BCUT2D eigenvalue weighted by Gasteiger charge is -2.23. The Balaban J connectivity index is 2.36. The van der Waals surface area contributed by atoms with Crippen molar-refractivity contribution in [3.63, 3.8) is 0 Å². The summed E-state index contributed by atoms with van der Waals surface area (Å²) >= 11 is 0. The van der Waals surface area contributed by atoms with Gasteiger partial charge in [-0.15, -0.1) is 0 Å². The van der Waals surface area contributed by atoms with Crippen molar-refractivity contribution < 1.29 is 4.42 Å². The molecule has 0 saturated carbocycles. The number of hydrogen-bond acceptors (Lipinski definition) is 2. The minimum absolute atomic E-state index is 0.145. The summed E-state index contributed by atoms with van der Waals surface area (Å²) in [5.41, 5.74) is 8.17. The molecule has 0 aliphatic heterocycles. The van der Waals surface area contributed by atoms with E-state index >= 15 is 0 Å². The van der Waals surface area contributed by atoms with Crippen molar-refractivity contribution in [3.05, 3.63) is 36.1 Å². The number of para-hydroxylation sites is 1. The normalized spacial score (nSPS) is 14.2. The second-order valence-electron chi connectivity index (χ2n) is 5.28. The van der Waals surface area contributed by atoms with Gasteiger partial charge in [-0.05, 0) is 37.8 Å². The minimum atomic E-state index is -0.145. The average Bonchev–Trinajstić information content (AvgIpc) is 2.61. The Morgan fingerprint density at radius 2 is 2.06 bits per heavy atom. The topological polar surface area (TPSA) is 39.2 Å². The molecule has 1 atom stereocenters. The van der Waals surface area contributed by atoms with Gasteiger partial charge < -0.3 is 10.2 Å². The number of furan rings is 1. The summed E-state index contributed by atoms with van der Waals surface area (Å²) in [6.45, 7) is 6.32. The van der Waals surface area contributed by atoms with Gasteiger partial charge in [-0.1, -0.05) is 25.1 Å². The van der Waals surface area contributed by atoms with Gasteiger partial charge in [0, 0.05) is 10.9 Å². The monoisotopic (exact) mass is 217 g/mol. The SMILES string of the molecule is CC(CC(C)(C)N)c1cccc2ccoc12. The summed E-state index contributed by atoms with van der Waals surface area (Å²) in [4.78, 5) is 0. The van der Waals surface area contributed by atoms with Crippen LogP contribution in [-0.2, 0) is 0 Å². The molecule has 2 aromatic rings. The molecular formula is C14H19NO. The molecule has 1 aromatic carbocycles. The van der Waals surface area contributed by atoms with Gasteiger partial charge in [0.1, 0.15) is 5.58 Å². The molecule has 0 radical (unpaired) electrons. The maximum absolute atomic E-state index is 6.06. The van der Waals surface area contributed by atoms with Crippen LogP contribution < -0.4 is 5.73 Å². The molecule has 0 bridgehead atoms. The maximum atomic E-state index is 6.06. The lowest BCUT2D eigenvalue weighted by Crippen LogP contribution is -2.33. The summed E-state index contributed by atoms with van der Waals surface area (Å²) < 4.78 is 5.54. The molecule has 1 heterocycles. The van der Waals surface area contributed by atoms with E-state index in [1.54, 1.807) is 6.26 Å². The van der Waals surface area contributed by atoms with E-state index in [-0.39, 0.29) is 5.54 Å². The smallest absolute Gasteiger partial charge is 0.137 e. The number of nitrogens with two attached hydrogens (primary N) is 1. The highest BCUT2D eigenvalue weighted by atomic mass is 16.3. The fourth-order valence-electron chi connectivity index (χ4n) is 2.30. The van der Waals surface area contributed by atoms with E-state index in [1.165, 1.54) is 10.9 Å². The Labute approximate surface area is 96.4 Å². The maximum Gasteiger partial charge on any atom is 0.137 e. The van der Waals surface area contributed by atoms with Gasteiger partial charge >= 0.3 is 0 Å². The standard InChI is InChI=1S/C14H19NO/c1-10(9-14(2,3)15)12-6-4-5-11-7-8-16-13(11)12/h4-8,10H,9,15H2,1-3H3. The van der Waals surface area contributed by atoms with Crippen LogP contribution in [0.3, 0.4) is 0 Å². The van der Waals surface area contributed by atoms with Gasteiger partial charge in [0.15, 0.2) is 0 Å². The average molecular weight is 217 g/mol. The van der Waals surface area contributed by atoms with Crippen LogP contribution in [0.2, 0.25) is 0 Å². The summed E-state index contributed by atoms with van der Waals surface area (Å²) in [6, 6.07) is 8.28. The summed E-state index contributed by atoms with van der Waals surface area (Å²) in [7, 11) is 0. The molecule has 16 heavy (non-hydrogen) atoms. The molecule has 2 heteroatoms. The summed E-state index contributed by atoms with van der Waals surface area (Å²) in [5, 5.41) is 1.17. The number of benzene rings is 1. The second kappa shape index (κ2) is 3.95. The molecule has 0 aliphatic carbocycles. The second-order valence-corrected chi connectivity index (χ2v) is 5.28. The Morgan fingerprint density at radius 3 is 2.75 bits per heavy atom. The van der Waals surface area contributed by atoms with E-state index in [2.05, 4.69) is 39.0 Å². The van der Waals surface area contributed by atoms with Crippen LogP contribution in [0.25, 0.3) is 11.0 Å². The predicted octanol–water partition coefficient (Wildman–Crippen LogP) is 3.66. The molecule has 2 N–H and O–H groups in total. The lowest BCUT2D eigenvalue weighted by molar-refractivity contribution is 0.436. The van der Waals surface area contributed by atoms with Crippen molar-refractivity contribution in [2.75, 3.05) is 0 Å². The Morgan fingerprint density at radius 1 is 1.31 bits per heavy atom. The van der Waals surface area contributed by atoms with Crippen LogP contribution >= 0.6 is 0 Å². The largest absolute Gasteiger partial charge is 0.464 e. The van der Waals surface area contributed by atoms with Gasteiger partial charge in [0.2, 0.25) is 0 Å². The first-order valence-corrected chi connectivity index (χ1v) is 5.72. The molecule has 0 spiro atoms. The van der Waals surface area contributed by atoms with Gasteiger partial charge in [0.05, 0.1) is 6.26 Å². The fraction of sp³-hybridized carbons (Fsp3) is 0.429. The molecule has 0 saturated heterocycles. The Bertz CT molecular complexity index is 479. The third-order valence-corrected chi connectivity index (χ3v) is 2.87. The number of rotatable bonds is 3. The highest BCUT2D eigenvalue weighted by Crippen LogP contribution is 2.30. The van der Waals surface area contributed by atoms with Crippen LogP contribution in [0, 0.1) is 0 Å². The van der Waals surface area contributed by atoms with Crippen molar-refractivity contribution in [1.82, 2.24) is 0 Å². The third-order valence-electron chi connectivity index (χ3n) is 2.87. The minimum Gasteiger partial charge on any atom is -0.464 e. The van der Waals surface area contributed by atoms with Crippen LogP contribution in [-0.4, -0.2) is 5.54 Å². The fourth-order valence-corrected chi connectivity index (χ4v) is 2.30. The highest BCUT2D eigenvalue weighted by molar-refractivity contribution is 5.80. The van der Waals surface area contributed by atoms with Crippen molar-refractivity contribution in [2.45, 2.75) is 38.6 Å². The first-order chi connectivity index (χ1) is 7.47. The molecule has 0 fully saturated rings. The molecular weight excluding hydrogens is 198 g/mol. The third kappa shape index (κ3) is 2.27. The van der Waals surface area contributed by atoms with E-state index in [9.17, 15) is 0 Å². The van der Waals surface area contributed by atoms with E-state index in [4.69, 9.17) is 10.2 Å². The van der Waals surface area contributed by atoms with E-state index in [0.717, 1.165) is 12.0 Å². The molecule has 1 unspecified atom stereocenters. The molecule has 86 valence electrons. The van der Waals surface area contributed by atoms with Gasteiger partial charge in [-0.3, -0.25) is 0 Å². The van der Waals surface area contributed by atoms with Crippen molar-refractivity contribution >= 4 is 11.0 Å². The zero-order valence-electron chi connectivity index (χ0n) is 10.2. The number of hydrogen-bond donors (Lipinski definition) is 1. The first kappa shape index (κ1) is 11.2. The van der Waals surface area contributed by atoms with Gasteiger partial charge in [-0.2, -0.15) is 0 Å². The van der Waals surface area contributed by atoms with Crippen molar-refractivity contribution in [3.8, 4) is 0 Å². The Kier molecular flexibility index (Phi) is 2.76. The van der Waals surface area contributed by atoms with Crippen LogP contribution in [0.5, 0.6) is 0 Å². The van der Waals surface area contributed by atoms with Crippen LogP contribution in [0.1, 0.15) is 38.7 Å². The van der Waals surface area contributed by atoms with Gasteiger partial charge in [-0.25, -0.2) is 0 Å². The van der Waals surface area contributed by atoms with Crippen LogP contribution in [0.15, 0.2) is 34.9 Å². The van der Waals surface area contributed by atoms with E-state index in [0.29, 0.717) is 5.92 Å². The molecule has 2 nitrogen and oxygen atoms in total. The lowest BCUT2D eigenvalue weighted by atomic mass is 9.87. The first-order valence-electron chi connectivity index (χ1n) is 5.72. The van der Waals surface area contributed by atoms with Gasteiger partial charge in [0.25, 0.3) is 0 Å². The zero-order chi connectivity index (χ0) is 11.8. The van der Waals surface area contributed by atoms with Crippen molar-refractivity contribution in [2.24, 2.45) is 5.73 Å².